The molecule has 4 nitrogen and oxygen atoms in total. The first-order valence-corrected chi connectivity index (χ1v) is 8.36. The standard InChI is InChI=1S/C20H26N2O2.ClH/c1-4-7-18(21)20(23)22-14(2)15-10-12-16(13-11-15)17-8-5-6-9-19(17)24-3;/h5-6,8-14,18H,4,7,21H2,1-3H3,(H,22,23);1H. The Morgan fingerprint density at radius 1 is 1.16 bits per heavy atom. The molecule has 25 heavy (non-hydrogen) atoms. The van der Waals surface area contributed by atoms with Crippen molar-refractivity contribution >= 4 is 18.3 Å². The SMILES string of the molecule is CCCC(N)C(=O)NC(C)c1ccc(-c2ccccc2OC)cc1.Cl. The summed E-state index contributed by atoms with van der Waals surface area (Å²) in [7, 11) is 1.67. The van der Waals surface area contributed by atoms with Gasteiger partial charge in [-0.15, -0.1) is 12.4 Å². The molecular formula is C20H27ClN2O2. The van der Waals surface area contributed by atoms with Crippen LogP contribution in [0.5, 0.6) is 5.75 Å². The van der Waals surface area contributed by atoms with Gasteiger partial charge in [-0.2, -0.15) is 0 Å². The van der Waals surface area contributed by atoms with Crippen molar-refractivity contribution < 1.29 is 9.53 Å². The van der Waals surface area contributed by atoms with Gasteiger partial charge in [-0.1, -0.05) is 55.8 Å². The smallest absolute Gasteiger partial charge is 0.237 e. The van der Waals surface area contributed by atoms with Crippen molar-refractivity contribution in [2.24, 2.45) is 5.73 Å². The normalized spacial score (nSPS) is 12.6. The highest BCUT2D eigenvalue weighted by atomic mass is 35.5. The predicted octanol–water partition coefficient (Wildman–Crippen LogP) is 4.09. The van der Waals surface area contributed by atoms with E-state index in [1.54, 1.807) is 7.11 Å². The average molecular weight is 363 g/mol. The second-order valence-electron chi connectivity index (χ2n) is 5.95. The van der Waals surface area contributed by atoms with Crippen LogP contribution in [-0.2, 0) is 4.79 Å². The molecule has 5 heteroatoms. The molecule has 0 saturated carbocycles. The number of benzene rings is 2. The van der Waals surface area contributed by atoms with Gasteiger partial charge in [-0.25, -0.2) is 0 Å². The molecule has 136 valence electrons. The minimum Gasteiger partial charge on any atom is -0.496 e. The number of carbonyl (C=O) groups is 1. The van der Waals surface area contributed by atoms with E-state index < -0.39 is 6.04 Å². The third-order valence-electron chi connectivity index (χ3n) is 4.12. The van der Waals surface area contributed by atoms with Crippen molar-refractivity contribution in [3.8, 4) is 16.9 Å². The summed E-state index contributed by atoms with van der Waals surface area (Å²) in [5.41, 5.74) is 9.04. The zero-order valence-corrected chi connectivity index (χ0v) is 15.8. The highest BCUT2D eigenvalue weighted by molar-refractivity contribution is 5.85. The maximum atomic E-state index is 12.0. The number of rotatable bonds is 7. The average Bonchev–Trinajstić information content (AvgIpc) is 2.62. The van der Waals surface area contributed by atoms with Crippen molar-refractivity contribution in [3.63, 3.8) is 0 Å². The van der Waals surface area contributed by atoms with E-state index in [2.05, 4.69) is 5.32 Å². The molecule has 0 saturated heterocycles. The molecule has 0 radical (unpaired) electrons. The molecule has 0 bridgehead atoms. The summed E-state index contributed by atoms with van der Waals surface area (Å²) in [4.78, 5) is 12.0. The van der Waals surface area contributed by atoms with Crippen LogP contribution in [0.3, 0.4) is 0 Å². The van der Waals surface area contributed by atoms with Gasteiger partial charge in [0.05, 0.1) is 19.2 Å². The van der Waals surface area contributed by atoms with Gasteiger partial charge in [0.15, 0.2) is 0 Å². The first-order valence-electron chi connectivity index (χ1n) is 8.36. The lowest BCUT2D eigenvalue weighted by Gasteiger charge is -2.18. The van der Waals surface area contributed by atoms with Gasteiger partial charge < -0.3 is 15.8 Å². The Morgan fingerprint density at radius 3 is 2.40 bits per heavy atom. The Bertz CT molecular complexity index is 674. The van der Waals surface area contributed by atoms with Crippen LogP contribution in [-0.4, -0.2) is 19.1 Å². The fraction of sp³-hybridized carbons (Fsp3) is 0.350. The summed E-state index contributed by atoms with van der Waals surface area (Å²) in [6.45, 7) is 3.99. The van der Waals surface area contributed by atoms with Crippen molar-refractivity contribution in [3.05, 3.63) is 54.1 Å². The number of hydrogen-bond donors (Lipinski definition) is 2. The van der Waals surface area contributed by atoms with Gasteiger partial charge in [0, 0.05) is 5.56 Å². The van der Waals surface area contributed by atoms with Crippen LogP contribution in [0.15, 0.2) is 48.5 Å². The van der Waals surface area contributed by atoms with E-state index in [1.165, 1.54) is 0 Å². The fourth-order valence-corrected chi connectivity index (χ4v) is 2.68. The second-order valence-corrected chi connectivity index (χ2v) is 5.95. The Hall–Kier alpha value is -2.04. The predicted molar refractivity (Wildman–Crippen MR) is 105 cm³/mol. The van der Waals surface area contributed by atoms with E-state index in [9.17, 15) is 4.79 Å². The third kappa shape index (κ3) is 5.48. The van der Waals surface area contributed by atoms with Crippen LogP contribution < -0.4 is 15.8 Å². The van der Waals surface area contributed by atoms with Crippen molar-refractivity contribution in [2.75, 3.05) is 7.11 Å². The van der Waals surface area contributed by atoms with Gasteiger partial charge in [-0.05, 0) is 30.5 Å². The summed E-state index contributed by atoms with van der Waals surface area (Å²) < 4.78 is 5.41. The highest BCUT2D eigenvalue weighted by Crippen LogP contribution is 2.30. The van der Waals surface area contributed by atoms with Crippen LogP contribution in [0.4, 0.5) is 0 Å². The van der Waals surface area contributed by atoms with Crippen molar-refractivity contribution in [2.45, 2.75) is 38.8 Å². The number of methoxy groups -OCH3 is 1. The molecule has 0 spiro atoms. The first kappa shape index (κ1) is 21.0. The molecule has 0 aliphatic heterocycles. The summed E-state index contributed by atoms with van der Waals surface area (Å²) in [6.07, 6.45) is 1.60. The van der Waals surface area contributed by atoms with E-state index in [0.717, 1.165) is 28.9 Å². The van der Waals surface area contributed by atoms with Crippen molar-refractivity contribution in [1.82, 2.24) is 5.32 Å². The monoisotopic (exact) mass is 362 g/mol. The molecule has 2 aromatic carbocycles. The summed E-state index contributed by atoms with van der Waals surface area (Å²) in [6, 6.07) is 15.5. The molecule has 0 aromatic heterocycles. The first-order chi connectivity index (χ1) is 11.6. The maximum Gasteiger partial charge on any atom is 0.237 e. The van der Waals surface area contributed by atoms with E-state index in [4.69, 9.17) is 10.5 Å². The number of nitrogens with one attached hydrogen (secondary N) is 1. The molecule has 2 unspecified atom stereocenters. The molecule has 2 aromatic rings. The quantitative estimate of drug-likeness (QED) is 0.779. The van der Waals surface area contributed by atoms with Crippen LogP contribution in [0.2, 0.25) is 0 Å². The number of halogens is 1. The number of para-hydroxylation sites is 1. The molecule has 1 amide bonds. The topological polar surface area (TPSA) is 64.4 Å². The van der Waals surface area contributed by atoms with Crippen LogP contribution in [0.1, 0.15) is 38.3 Å². The highest BCUT2D eigenvalue weighted by Gasteiger charge is 2.16. The Kier molecular flexibility index (Phi) is 8.46. The molecule has 0 heterocycles. The second kappa shape index (κ2) is 10.1. The number of ether oxygens (including phenoxy) is 1. The largest absolute Gasteiger partial charge is 0.496 e. The summed E-state index contributed by atoms with van der Waals surface area (Å²) in [5.74, 6) is 0.746. The van der Waals surface area contributed by atoms with Crippen LogP contribution >= 0.6 is 12.4 Å². The molecular weight excluding hydrogens is 336 g/mol. The Morgan fingerprint density at radius 2 is 1.80 bits per heavy atom. The van der Waals surface area contributed by atoms with Gasteiger partial charge >= 0.3 is 0 Å². The third-order valence-corrected chi connectivity index (χ3v) is 4.12. The Labute approximate surface area is 156 Å². The molecule has 0 aliphatic carbocycles. The van der Waals surface area contributed by atoms with Gasteiger partial charge in [0.25, 0.3) is 0 Å². The minimum atomic E-state index is -0.440. The van der Waals surface area contributed by atoms with Crippen LogP contribution in [0.25, 0.3) is 11.1 Å². The van der Waals surface area contributed by atoms with Gasteiger partial charge in [-0.3, -0.25) is 4.79 Å². The number of nitrogens with two attached hydrogens (primary N) is 1. The molecule has 2 atom stereocenters. The van der Waals surface area contributed by atoms with Gasteiger partial charge in [0.2, 0.25) is 5.91 Å². The molecule has 0 aliphatic rings. The van der Waals surface area contributed by atoms with Gasteiger partial charge in [0.1, 0.15) is 5.75 Å². The zero-order valence-electron chi connectivity index (χ0n) is 15.0. The van der Waals surface area contributed by atoms with E-state index in [0.29, 0.717) is 6.42 Å². The van der Waals surface area contributed by atoms with E-state index in [-0.39, 0.29) is 24.4 Å². The number of hydrogen-bond acceptors (Lipinski definition) is 3. The van der Waals surface area contributed by atoms with Crippen LogP contribution in [0, 0.1) is 0 Å². The van der Waals surface area contributed by atoms with E-state index >= 15 is 0 Å². The fourth-order valence-electron chi connectivity index (χ4n) is 2.68. The molecule has 0 fully saturated rings. The maximum absolute atomic E-state index is 12.0. The minimum absolute atomic E-state index is 0. The lowest BCUT2D eigenvalue weighted by atomic mass is 10.0. The summed E-state index contributed by atoms with van der Waals surface area (Å²) >= 11 is 0. The van der Waals surface area contributed by atoms with Crippen molar-refractivity contribution in [1.29, 1.82) is 0 Å². The number of carbonyl (C=O) groups excluding carboxylic acids is 1. The van der Waals surface area contributed by atoms with E-state index in [1.807, 2.05) is 62.4 Å². The Balaban J connectivity index is 0.00000312. The zero-order chi connectivity index (χ0) is 17.5. The lowest BCUT2D eigenvalue weighted by Crippen LogP contribution is -2.41. The molecule has 3 N–H and O–H groups in total. The number of amides is 1. The molecule has 2 rings (SSSR count). The lowest BCUT2D eigenvalue weighted by molar-refractivity contribution is -0.123. The summed E-state index contributed by atoms with van der Waals surface area (Å²) in [5, 5.41) is 2.97.